The number of halogens is 1. The molecule has 0 radical (unpaired) electrons. The van der Waals surface area contributed by atoms with Crippen molar-refractivity contribution in [3.63, 3.8) is 0 Å². The van der Waals surface area contributed by atoms with Crippen molar-refractivity contribution >= 4 is 233 Å². The van der Waals surface area contributed by atoms with Gasteiger partial charge in [-0.3, -0.25) is 0 Å². The summed E-state index contributed by atoms with van der Waals surface area (Å²) < 4.78 is 24.2. The molecule has 6 nitrogen and oxygen atoms in total. The van der Waals surface area contributed by atoms with Crippen LogP contribution in [0.4, 0.5) is 68.2 Å². The Labute approximate surface area is 768 Å². The van der Waals surface area contributed by atoms with Crippen molar-refractivity contribution in [2.45, 2.75) is 38.9 Å². The molecule has 0 bridgehead atoms. The molecule has 0 aliphatic carbocycles. The van der Waals surface area contributed by atoms with Gasteiger partial charge in [0.25, 0.3) is 0 Å². The van der Waals surface area contributed by atoms with Crippen LogP contribution < -0.4 is 25.1 Å². The second-order valence-corrected chi connectivity index (χ2v) is 37.7. The zero-order valence-electron chi connectivity index (χ0n) is 70.3. The number of hydrogen-bond donors (Lipinski definition) is 0. The number of anilines is 12. The largest absolute Gasteiger partial charge is 0.577 e. The molecule has 0 saturated carbocycles. The van der Waals surface area contributed by atoms with Gasteiger partial charge < -0.3 is 38.8 Å². The van der Waals surface area contributed by atoms with Crippen molar-refractivity contribution in [1.82, 2.24) is 0 Å². The lowest BCUT2D eigenvalue weighted by Gasteiger charge is -2.32. The zero-order valence-corrected chi connectivity index (χ0v) is 76.3. The molecule has 4 aromatic heterocycles. The first-order valence-corrected chi connectivity index (χ1v) is 46.6. The summed E-state index contributed by atoms with van der Waals surface area (Å²) in [6.45, 7) is 8.37. The van der Waals surface area contributed by atoms with Gasteiger partial charge in [-0.25, -0.2) is 0 Å². The van der Waals surface area contributed by atoms with Crippen molar-refractivity contribution in [1.29, 1.82) is 0 Å². The molecular formula is C114H86BBrN4O2PS4-. The molecule has 614 valence electrons. The van der Waals surface area contributed by atoms with E-state index in [1.807, 2.05) is 45.3 Å². The van der Waals surface area contributed by atoms with E-state index >= 15 is 0 Å². The van der Waals surface area contributed by atoms with E-state index in [0.717, 1.165) is 78.2 Å². The minimum Gasteiger partial charge on any atom is -0.577 e. The third kappa shape index (κ3) is 16.1. The van der Waals surface area contributed by atoms with E-state index in [2.05, 4.69) is 500 Å². The van der Waals surface area contributed by atoms with Crippen molar-refractivity contribution in [2.24, 2.45) is 0 Å². The summed E-state index contributed by atoms with van der Waals surface area (Å²) in [6.07, 6.45) is 0. The molecule has 5 heterocycles. The normalized spacial score (nSPS) is 12.7. The molecule has 0 amide bonds. The number of rotatable bonds is 16. The highest BCUT2D eigenvalue weighted by atomic mass is 79.9. The van der Waals surface area contributed by atoms with E-state index in [-0.39, 0.29) is 28.2 Å². The maximum Gasteiger partial charge on any atom is 0.494 e. The molecule has 0 spiro atoms. The summed E-state index contributed by atoms with van der Waals surface area (Å²) in [5.41, 5.74) is 21.1. The van der Waals surface area contributed by atoms with Crippen molar-refractivity contribution in [2.75, 3.05) is 19.6 Å². The van der Waals surface area contributed by atoms with Crippen LogP contribution in [0.5, 0.6) is 0 Å². The number of nitrogens with zero attached hydrogens (tertiary/aromatic N) is 4. The van der Waals surface area contributed by atoms with Gasteiger partial charge in [0.15, 0.2) is 0 Å². The lowest BCUT2D eigenvalue weighted by atomic mass is 9.78. The van der Waals surface area contributed by atoms with Crippen LogP contribution in [0.3, 0.4) is 0 Å². The van der Waals surface area contributed by atoms with E-state index in [0.29, 0.717) is 0 Å². The van der Waals surface area contributed by atoms with Crippen LogP contribution in [0.25, 0.3) is 114 Å². The van der Waals surface area contributed by atoms with Crippen molar-refractivity contribution in [3.05, 3.63) is 441 Å². The summed E-state index contributed by atoms with van der Waals surface area (Å²) in [5, 5.41) is 10.3. The van der Waals surface area contributed by atoms with Crippen molar-refractivity contribution < 1.29 is 9.31 Å². The third-order valence-corrected chi connectivity index (χ3v) is 30.0. The smallest absolute Gasteiger partial charge is 0.494 e. The van der Waals surface area contributed by atoms with E-state index in [4.69, 9.17) is 9.31 Å². The van der Waals surface area contributed by atoms with Gasteiger partial charge in [0.1, 0.15) is 0 Å². The first kappa shape index (κ1) is 82.2. The standard InChI is InChI=1S/C54H36N2S2.C36H32BNO2S.C24H16BrNS.H2P/c1-5-17-39(18-6-1)55(40-19-7-2-8-20-40)43-33-47(53-49(35-43)45-25-13-15-27-51(45)57-53)37-29-31-38(32-30-37)48-34-44(36-50-46-26-14-16-28-52(46)58-54(48)50)56(41-21-9-3-10-22-41)42-23-11-4-12-24-42;1-35(2)36(3,4)40-37(39-35)26-21-19-25(20-22-26)31-23-29(24-32-30-17-11-12-18-33(30)41-34(31)32)38(27-13-7-5-8-14-27)28-15-9-6-10-16-28;25-22-16-19(15-21-20-13-7-8-14-23(20)27-24(21)22)26(17-9-3-1-4-10-17)18-11-5-2-6-12-18;/h1-36H;5-24H,1-4H3;1-16H;1H2/q;;;-1. The molecule has 0 atom stereocenters. The van der Waals surface area contributed by atoms with Gasteiger partial charge in [0.2, 0.25) is 0 Å². The third-order valence-electron chi connectivity index (χ3n) is 24.2. The molecule has 1 aliphatic rings. The van der Waals surface area contributed by atoms with E-state index in [1.165, 1.54) is 114 Å². The number of fused-ring (bicyclic) bond motifs is 12. The number of hydrogen-bond acceptors (Lipinski definition) is 10. The maximum atomic E-state index is 6.33. The van der Waals surface area contributed by atoms with E-state index < -0.39 is 0 Å². The van der Waals surface area contributed by atoms with E-state index in [9.17, 15) is 0 Å². The second-order valence-electron chi connectivity index (χ2n) is 32.6. The van der Waals surface area contributed by atoms with Crippen LogP contribution in [0.15, 0.2) is 441 Å². The summed E-state index contributed by atoms with van der Waals surface area (Å²) in [6, 6.07) is 157. The fourth-order valence-corrected chi connectivity index (χ4v) is 22.8. The molecule has 0 unspecified atom stereocenters. The Balaban J connectivity index is 0.000000128. The minimum absolute atomic E-state index is 0. The lowest BCUT2D eigenvalue weighted by molar-refractivity contribution is 0.00578. The molecule has 18 aromatic carbocycles. The average molecular weight is 1790 g/mol. The molecule has 13 heteroatoms. The second kappa shape index (κ2) is 35.4. The Bertz CT molecular complexity index is 7290. The molecule has 23 rings (SSSR count). The number of para-hydroxylation sites is 8. The van der Waals surface area contributed by atoms with Gasteiger partial charge >= 0.3 is 7.12 Å². The van der Waals surface area contributed by atoms with Crippen LogP contribution >= 0.6 is 71.2 Å². The fourth-order valence-electron chi connectivity index (χ4n) is 17.4. The molecule has 1 saturated heterocycles. The monoisotopic (exact) mass is 1790 g/mol. The van der Waals surface area contributed by atoms with Crippen LogP contribution in [0, 0.1) is 0 Å². The fraction of sp³-hybridized carbons (Fsp3) is 0.0526. The first-order chi connectivity index (χ1) is 61.9. The predicted molar refractivity (Wildman–Crippen MR) is 559 cm³/mol. The molecule has 1 fully saturated rings. The van der Waals surface area contributed by atoms with Crippen molar-refractivity contribution in [3.8, 4) is 33.4 Å². The van der Waals surface area contributed by atoms with Gasteiger partial charge in [-0.1, -0.05) is 267 Å². The van der Waals surface area contributed by atoms with Gasteiger partial charge in [0, 0.05) is 170 Å². The molecule has 0 N–H and O–H groups in total. The highest BCUT2D eigenvalue weighted by Crippen LogP contribution is 2.52. The highest BCUT2D eigenvalue weighted by Gasteiger charge is 2.51. The highest BCUT2D eigenvalue weighted by molar-refractivity contribution is 9.10. The number of benzene rings is 18. The topological polar surface area (TPSA) is 31.4 Å². The summed E-state index contributed by atoms with van der Waals surface area (Å²) in [4.78, 5) is 9.39. The van der Waals surface area contributed by atoms with E-state index in [1.54, 1.807) is 0 Å². The summed E-state index contributed by atoms with van der Waals surface area (Å²) >= 11 is 11.3. The summed E-state index contributed by atoms with van der Waals surface area (Å²) in [7, 11) is -0.378. The van der Waals surface area contributed by atoms with Gasteiger partial charge in [-0.2, -0.15) is 0 Å². The Morgan fingerprint density at radius 2 is 0.425 bits per heavy atom. The molecule has 1 aliphatic heterocycles. The Morgan fingerprint density at radius 1 is 0.220 bits per heavy atom. The Kier molecular flexibility index (Phi) is 22.9. The van der Waals surface area contributed by atoms with Gasteiger partial charge in [-0.15, -0.1) is 45.3 Å². The first-order valence-electron chi connectivity index (χ1n) is 42.5. The SMILES string of the molecule is Brc1cc(N(c2ccccc2)c2ccccc2)cc2c1sc1ccccc12.CC1(C)OB(c2ccc(-c3cc(N(c4ccccc4)c4ccccc4)cc4c3sc3ccccc34)cc2)OC1(C)C.[PH2-].c1ccc(N(c2ccccc2)c2cc(-c3ccc(-c4cc(N(c5ccccc5)c5ccccc5)cc5c4sc4ccccc45)cc3)c3sc4ccccc4c3c2)cc1. The van der Waals surface area contributed by atoms with Crippen LogP contribution in [0.2, 0.25) is 0 Å². The van der Waals surface area contributed by atoms with Crippen LogP contribution in [0.1, 0.15) is 27.7 Å². The average Bonchev–Trinajstić information content (AvgIpc) is 1.66. The molecule has 127 heavy (non-hydrogen) atoms. The van der Waals surface area contributed by atoms with Crippen LogP contribution in [-0.2, 0) is 9.31 Å². The van der Waals surface area contributed by atoms with Crippen LogP contribution in [-0.4, -0.2) is 18.3 Å². The quantitative estimate of drug-likeness (QED) is 0.0708. The minimum atomic E-state index is -0.378. The zero-order chi connectivity index (χ0) is 84.8. The maximum absolute atomic E-state index is 6.33. The Hall–Kier alpha value is -13.1. The molecular weight excluding hydrogens is 1710 g/mol. The number of thiophene rings is 4. The van der Waals surface area contributed by atoms with Gasteiger partial charge in [-0.05, 0) is 236 Å². The Morgan fingerprint density at radius 3 is 0.677 bits per heavy atom. The molecule has 22 aromatic rings. The predicted octanol–water partition coefficient (Wildman–Crippen LogP) is 34.8. The van der Waals surface area contributed by atoms with Gasteiger partial charge in [0.05, 0.1) is 11.2 Å². The lowest BCUT2D eigenvalue weighted by Crippen LogP contribution is -2.41. The summed E-state index contributed by atoms with van der Waals surface area (Å²) in [5.74, 6) is 0.